The third kappa shape index (κ3) is 6.89. The fourth-order valence-corrected chi connectivity index (χ4v) is 4.10. The molecule has 1 aliphatic heterocycles. The maximum absolute atomic E-state index is 11.2. The number of oxime groups is 1. The van der Waals surface area contributed by atoms with Gasteiger partial charge in [-0.2, -0.15) is 0 Å². The molecule has 184 valence electrons. The number of nitrogen functional groups attached to an aromatic ring is 1. The molecule has 3 rings (SSSR count). The van der Waals surface area contributed by atoms with Gasteiger partial charge in [0.15, 0.2) is 29.7 Å². The summed E-state index contributed by atoms with van der Waals surface area (Å²) in [5.74, 6) is 1.21. The molecule has 7 N–H and O–H groups in total. The van der Waals surface area contributed by atoms with Crippen molar-refractivity contribution in [2.45, 2.75) is 25.9 Å². The van der Waals surface area contributed by atoms with Crippen LogP contribution in [0.15, 0.2) is 28.7 Å². The molecular formula is C22H32N8O3S. The lowest BCUT2D eigenvalue weighted by Crippen LogP contribution is -2.43. The van der Waals surface area contributed by atoms with Gasteiger partial charge in [-0.15, -0.1) is 11.3 Å². The summed E-state index contributed by atoms with van der Waals surface area (Å²) in [6, 6.07) is 5.92. The first-order valence-corrected chi connectivity index (χ1v) is 12.0. The number of benzene rings is 1. The van der Waals surface area contributed by atoms with Crippen molar-refractivity contribution in [1.82, 2.24) is 14.8 Å². The number of rotatable bonds is 13. The Balaban J connectivity index is 1.49. The number of ether oxygens (including phenoxy) is 1. The van der Waals surface area contributed by atoms with Crippen LogP contribution in [-0.2, 0) is 22.7 Å². The van der Waals surface area contributed by atoms with Gasteiger partial charge in [0.25, 0.3) is 0 Å². The Hall–Kier alpha value is -3.22. The summed E-state index contributed by atoms with van der Waals surface area (Å²) in [5.41, 5.74) is 19.7. The molecule has 2 aromatic rings. The number of carbonyl (C=O) groups excluding carboxylic acids is 1. The lowest BCUT2D eigenvalue weighted by atomic mass is 10.1. The first kappa shape index (κ1) is 25.4. The number of fused-ring (bicyclic) bond motifs is 1. The topological polar surface area (TPSA) is 169 Å². The van der Waals surface area contributed by atoms with Crippen LogP contribution in [0.2, 0.25) is 0 Å². The van der Waals surface area contributed by atoms with Crippen LogP contribution in [0.3, 0.4) is 0 Å². The predicted molar refractivity (Wildman–Crippen MR) is 133 cm³/mol. The van der Waals surface area contributed by atoms with Gasteiger partial charge in [-0.1, -0.05) is 11.2 Å². The summed E-state index contributed by atoms with van der Waals surface area (Å²) < 4.78 is 5.78. The number of carbonyl (C=O) groups is 1. The summed E-state index contributed by atoms with van der Waals surface area (Å²) in [4.78, 5) is 24.5. The second-order valence-electron chi connectivity index (χ2n) is 7.73. The highest BCUT2D eigenvalue weighted by Crippen LogP contribution is 2.27. The lowest BCUT2D eigenvalue weighted by Gasteiger charge is -2.30. The molecule has 1 aromatic heterocycles. The zero-order valence-corrected chi connectivity index (χ0v) is 19.9. The molecule has 1 aromatic carbocycles. The highest BCUT2D eigenvalue weighted by molar-refractivity contribution is 7.13. The number of aromatic nitrogens is 1. The van der Waals surface area contributed by atoms with Gasteiger partial charge < -0.3 is 36.6 Å². The van der Waals surface area contributed by atoms with Gasteiger partial charge in [0.1, 0.15) is 18.1 Å². The molecule has 0 aliphatic carbocycles. The largest absolute Gasteiger partial charge is 0.490 e. The molecule has 0 fully saturated rings. The Morgan fingerprint density at radius 3 is 2.59 bits per heavy atom. The van der Waals surface area contributed by atoms with Gasteiger partial charge >= 0.3 is 0 Å². The molecule has 0 radical (unpaired) electrons. The van der Waals surface area contributed by atoms with Gasteiger partial charge in [-0.3, -0.25) is 10.2 Å². The number of nitrogens with one attached hydrogen (secondary N) is 1. The van der Waals surface area contributed by atoms with Gasteiger partial charge in [0.2, 0.25) is 0 Å². The van der Waals surface area contributed by atoms with Crippen LogP contribution in [-0.4, -0.2) is 72.1 Å². The summed E-state index contributed by atoms with van der Waals surface area (Å²) >= 11 is 1.23. The van der Waals surface area contributed by atoms with Crippen LogP contribution in [0, 0.1) is 5.41 Å². The molecule has 11 nitrogen and oxygen atoms in total. The second kappa shape index (κ2) is 12.9. The van der Waals surface area contributed by atoms with E-state index in [9.17, 15) is 4.79 Å². The second-order valence-corrected chi connectivity index (χ2v) is 8.62. The van der Waals surface area contributed by atoms with E-state index in [1.54, 1.807) is 5.38 Å². The van der Waals surface area contributed by atoms with E-state index in [1.165, 1.54) is 16.9 Å². The van der Waals surface area contributed by atoms with Crippen molar-refractivity contribution in [3.05, 3.63) is 40.4 Å². The molecule has 0 atom stereocenters. The smallest absolute Gasteiger partial charge is 0.194 e. The van der Waals surface area contributed by atoms with Gasteiger partial charge in [0.05, 0.1) is 0 Å². The summed E-state index contributed by atoms with van der Waals surface area (Å²) in [6.07, 6.45) is 2.25. The Labute approximate surface area is 203 Å². The maximum Gasteiger partial charge on any atom is 0.194 e. The molecule has 34 heavy (non-hydrogen) atoms. The van der Waals surface area contributed by atoms with Gasteiger partial charge in [-0.05, 0) is 49.2 Å². The van der Waals surface area contributed by atoms with E-state index in [2.05, 4.69) is 15.0 Å². The number of anilines is 1. The van der Waals surface area contributed by atoms with Crippen molar-refractivity contribution in [1.29, 1.82) is 5.41 Å². The monoisotopic (exact) mass is 488 g/mol. The van der Waals surface area contributed by atoms with Crippen molar-refractivity contribution < 1.29 is 14.4 Å². The quantitative estimate of drug-likeness (QED) is 0.105. The molecule has 2 heterocycles. The third-order valence-electron chi connectivity index (χ3n) is 5.27. The van der Waals surface area contributed by atoms with Crippen molar-refractivity contribution in [2.75, 3.05) is 45.1 Å². The van der Waals surface area contributed by atoms with Crippen LogP contribution in [0.1, 0.15) is 29.7 Å². The summed E-state index contributed by atoms with van der Waals surface area (Å²) in [7, 11) is 0. The van der Waals surface area contributed by atoms with Crippen molar-refractivity contribution in [3.8, 4) is 5.75 Å². The standard InChI is InChI=1S/C22H32N8O3S/c23-5-1-7-29(8-2-6-24)22(26)30-12-16-3-4-18(11-17(16)13-30)32-9-10-33-28-19(14-31)20-15-34-21(25)27-20/h3-4,11,14-15,26H,1-2,5-10,12-13,23-24H2,(H2,25,27)/b26-22?,28-19+. The zero-order valence-electron chi connectivity index (χ0n) is 19.1. The number of hydrogen-bond acceptors (Lipinski definition) is 10. The average molecular weight is 489 g/mol. The maximum atomic E-state index is 11.2. The van der Waals surface area contributed by atoms with E-state index in [-0.39, 0.29) is 18.9 Å². The van der Waals surface area contributed by atoms with Crippen molar-refractivity contribution >= 4 is 34.4 Å². The SMILES string of the molecule is N=C(N(CCCN)CCCN)N1Cc2ccc(OCCO/N=C(\C=O)c3csc(N)n3)cc2C1. The minimum absolute atomic E-state index is 0.0833. The highest BCUT2D eigenvalue weighted by Gasteiger charge is 2.24. The van der Waals surface area contributed by atoms with Gasteiger partial charge in [0, 0.05) is 31.6 Å². The summed E-state index contributed by atoms with van der Waals surface area (Å²) in [6.45, 7) is 4.45. The fourth-order valence-electron chi connectivity index (χ4n) is 3.54. The first-order valence-electron chi connectivity index (χ1n) is 11.2. The lowest BCUT2D eigenvalue weighted by molar-refractivity contribution is -0.102. The Morgan fingerprint density at radius 1 is 1.21 bits per heavy atom. The molecule has 0 amide bonds. The molecule has 0 saturated carbocycles. The van der Waals surface area contributed by atoms with E-state index in [4.69, 9.17) is 32.2 Å². The van der Waals surface area contributed by atoms with E-state index in [0.29, 0.717) is 55.0 Å². The number of nitrogens with zero attached hydrogens (tertiary/aromatic N) is 4. The zero-order chi connectivity index (χ0) is 24.3. The molecule has 1 aliphatic rings. The van der Waals surface area contributed by atoms with E-state index >= 15 is 0 Å². The first-order chi connectivity index (χ1) is 16.5. The Kier molecular flexibility index (Phi) is 9.62. The molecular weight excluding hydrogens is 456 g/mol. The normalized spacial score (nSPS) is 13.0. The minimum Gasteiger partial charge on any atom is -0.490 e. The number of aldehydes is 1. The van der Waals surface area contributed by atoms with E-state index in [0.717, 1.165) is 31.5 Å². The van der Waals surface area contributed by atoms with Crippen LogP contribution >= 0.6 is 11.3 Å². The predicted octanol–water partition coefficient (Wildman–Crippen LogP) is 0.974. The van der Waals surface area contributed by atoms with Crippen LogP contribution in [0.25, 0.3) is 0 Å². The Bertz CT molecular complexity index is 988. The van der Waals surface area contributed by atoms with Crippen molar-refractivity contribution in [2.24, 2.45) is 16.6 Å². The van der Waals surface area contributed by atoms with Gasteiger partial charge in [-0.25, -0.2) is 4.98 Å². The molecule has 12 heteroatoms. The number of nitrogens with two attached hydrogens (primary N) is 3. The number of thiazole rings is 1. The van der Waals surface area contributed by atoms with Crippen LogP contribution in [0.5, 0.6) is 5.75 Å². The van der Waals surface area contributed by atoms with E-state index < -0.39 is 0 Å². The number of guanidine groups is 1. The highest BCUT2D eigenvalue weighted by atomic mass is 32.1. The minimum atomic E-state index is 0.0833. The van der Waals surface area contributed by atoms with Crippen molar-refractivity contribution in [3.63, 3.8) is 0 Å². The van der Waals surface area contributed by atoms with E-state index in [1.807, 2.05) is 23.1 Å². The fraction of sp³-hybridized carbons (Fsp3) is 0.455. The summed E-state index contributed by atoms with van der Waals surface area (Å²) in [5, 5.41) is 14.5. The number of hydrogen-bond donors (Lipinski definition) is 4. The molecule has 0 saturated heterocycles. The average Bonchev–Trinajstić information content (AvgIpc) is 3.47. The van der Waals surface area contributed by atoms with Crippen LogP contribution in [0.4, 0.5) is 5.13 Å². The molecule has 0 bridgehead atoms. The third-order valence-corrected chi connectivity index (χ3v) is 5.94. The molecule has 0 spiro atoms. The molecule has 0 unspecified atom stereocenters. The van der Waals surface area contributed by atoms with Crippen LogP contribution < -0.4 is 21.9 Å². The Morgan fingerprint density at radius 2 is 1.94 bits per heavy atom.